The van der Waals surface area contributed by atoms with E-state index in [0.29, 0.717) is 18.4 Å². The van der Waals surface area contributed by atoms with E-state index in [0.717, 1.165) is 25.3 Å². The predicted molar refractivity (Wildman–Crippen MR) is 58.0 cm³/mol. The van der Waals surface area contributed by atoms with Crippen molar-refractivity contribution in [2.75, 3.05) is 0 Å². The third-order valence-corrected chi connectivity index (χ3v) is 3.30. The van der Waals surface area contributed by atoms with Gasteiger partial charge in [0.2, 0.25) is 0 Å². The highest BCUT2D eigenvalue weighted by Crippen LogP contribution is 2.28. The number of hydrogen-bond donors (Lipinski definition) is 1. The Morgan fingerprint density at radius 3 is 2.81 bits per heavy atom. The third-order valence-electron chi connectivity index (χ3n) is 3.30. The lowest BCUT2D eigenvalue weighted by atomic mass is 9.83. The fraction of sp³-hybridized carbons (Fsp3) is 0.538. The zero-order valence-corrected chi connectivity index (χ0v) is 9.13. The zero-order chi connectivity index (χ0) is 11.5. The normalized spacial score (nSPS) is 25.7. The molecule has 0 spiro atoms. The summed E-state index contributed by atoms with van der Waals surface area (Å²) in [4.78, 5) is 0. The molecule has 1 saturated carbocycles. The van der Waals surface area contributed by atoms with Gasteiger partial charge in [-0.2, -0.15) is 0 Å². The Bertz CT molecular complexity index is 365. The first-order valence-electron chi connectivity index (χ1n) is 5.77. The van der Waals surface area contributed by atoms with Crippen molar-refractivity contribution in [3.8, 4) is 0 Å². The van der Waals surface area contributed by atoms with Gasteiger partial charge in [0.15, 0.2) is 11.6 Å². The van der Waals surface area contributed by atoms with Crippen LogP contribution in [0.25, 0.3) is 0 Å². The first-order chi connectivity index (χ1) is 7.66. The van der Waals surface area contributed by atoms with Gasteiger partial charge in [-0.1, -0.05) is 18.6 Å². The predicted octanol–water partition coefficient (Wildman–Crippen LogP) is 3.06. The van der Waals surface area contributed by atoms with Crippen LogP contribution < -0.4 is 0 Å². The molecular weight excluding hydrogens is 210 g/mol. The minimum atomic E-state index is -0.783. The Hall–Kier alpha value is -0.960. The maximum atomic E-state index is 13.4. The molecule has 1 nitrogen and oxygen atoms in total. The minimum absolute atomic E-state index is 0.268. The molecule has 0 amide bonds. The second-order valence-electron chi connectivity index (χ2n) is 4.60. The number of aliphatic hydroxyl groups is 1. The van der Waals surface area contributed by atoms with Crippen molar-refractivity contribution in [1.82, 2.24) is 0 Å². The van der Waals surface area contributed by atoms with Crippen LogP contribution in [0, 0.1) is 17.6 Å². The molecule has 2 atom stereocenters. The van der Waals surface area contributed by atoms with Gasteiger partial charge in [0.05, 0.1) is 6.10 Å². The van der Waals surface area contributed by atoms with Crippen LogP contribution >= 0.6 is 0 Å². The van der Waals surface area contributed by atoms with Gasteiger partial charge in [-0.25, -0.2) is 8.78 Å². The molecule has 1 N–H and O–H groups in total. The van der Waals surface area contributed by atoms with E-state index in [1.54, 1.807) is 6.07 Å². The largest absolute Gasteiger partial charge is 0.393 e. The summed E-state index contributed by atoms with van der Waals surface area (Å²) in [5, 5.41) is 9.51. The van der Waals surface area contributed by atoms with Gasteiger partial charge in [0.1, 0.15) is 0 Å². The second-order valence-corrected chi connectivity index (χ2v) is 4.60. The lowest BCUT2D eigenvalue weighted by Gasteiger charge is -2.25. The average Bonchev–Trinajstić information content (AvgIpc) is 2.25. The Morgan fingerprint density at radius 1 is 1.25 bits per heavy atom. The molecule has 0 aromatic heterocycles. The van der Waals surface area contributed by atoms with Crippen LogP contribution in [0.15, 0.2) is 18.2 Å². The summed E-state index contributed by atoms with van der Waals surface area (Å²) in [7, 11) is 0. The third kappa shape index (κ3) is 2.59. The lowest BCUT2D eigenvalue weighted by molar-refractivity contribution is 0.101. The van der Waals surface area contributed by atoms with Gasteiger partial charge in [-0.15, -0.1) is 0 Å². The van der Waals surface area contributed by atoms with Crippen molar-refractivity contribution < 1.29 is 13.9 Å². The van der Waals surface area contributed by atoms with Crippen molar-refractivity contribution >= 4 is 0 Å². The van der Waals surface area contributed by atoms with Crippen LogP contribution in [-0.4, -0.2) is 11.2 Å². The Balaban J connectivity index is 2.05. The van der Waals surface area contributed by atoms with E-state index in [9.17, 15) is 13.9 Å². The van der Waals surface area contributed by atoms with Crippen LogP contribution in [0.5, 0.6) is 0 Å². The highest BCUT2D eigenvalue weighted by molar-refractivity contribution is 5.19. The van der Waals surface area contributed by atoms with Crippen molar-refractivity contribution in [2.45, 2.75) is 38.2 Å². The maximum Gasteiger partial charge on any atom is 0.162 e. The summed E-state index contributed by atoms with van der Waals surface area (Å²) < 4.78 is 26.4. The molecule has 1 fully saturated rings. The Kier molecular flexibility index (Phi) is 3.54. The average molecular weight is 226 g/mol. The molecule has 1 aromatic carbocycles. The summed E-state index contributed by atoms with van der Waals surface area (Å²) in [5.41, 5.74) is 0.430. The number of hydrogen-bond acceptors (Lipinski definition) is 1. The van der Waals surface area contributed by atoms with E-state index in [2.05, 4.69) is 0 Å². The second kappa shape index (κ2) is 4.91. The van der Waals surface area contributed by atoms with Gasteiger partial charge in [0.25, 0.3) is 0 Å². The topological polar surface area (TPSA) is 20.2 Å². The molecule has 3 heteroatoms. The molecule has 1 aliphatic carbocycles. The first-order valence-corrected chi connectivity index (χ1v) is 5.77. The smallest absolute Gasteiger partial charge is 0.162 e. The van der Waals surface area contributed by atoms with Crippen LogP contribution in [0.3, 0.4) is 0 Å². The quantitative estimate of drug-likeness (QED) is 0.821. The Labute approximate surface area is 94.1 Å². The van der Waals surface area contributed by atoms with E-state index < -0.39 is 11.6 Å². The number of rotatable bonds is 2. The highest BCUT2D eigenvalue weighted by atomic mass is 19.2. The van der Waals surface area contributed by atoms with Crippen molar-refractivity contribution in [3.05, 3.63) is 35.4 Å². The molecule has 16 heavy (non-hydrogen) atoms. The van der Waals surface area contributed by atoms with Gasteiger partial charge >= 0.3 is 0 Å². The first kappa shape index (κ1) is 11.5. The monoisotopic (exact) mass is 226 g/mol. The van der Waals surface area contributed by atoms with Crippen molar-refractivity contribution in [2.24, 2.45) is 5.92 Å². The van der Waals surface area contributed by atoms with E-state index in [1.807, 2.05) is 0 Å². The molecule has 88 valence electrons. The number of benzene rings is 1. The highest BCUT2D eigenvalue weighted by Gasteiger charge is 2.21. The molecular formula is C13H16F2O. The van der Waals surface area contributed by atoms with Crippen molar-refractivity contribution in [1.29, 1.82) is 0 Å². The van der Waals surface area contributed by atoms with Crippen LogP contribution in [0.4, 0.5) is 8.78 Å². The SMILES string of the molecule is OC1CCCC(Cc2cccc(F)c2F)C1. The van der Waals surface area contributed by atoms with E-state index >= 15 is 0 Å². The molecule has 0 heterocycles. The summed E-state index contributed by atoms with van der Waals surface area (Å²) >= 11 is 0. The van der Waals surface area contributed by atoms with Crippen LogP contribution in [0.2, 0.25) is 0 Å². The molecule has 0 saturated heterocycles. The van der Waals surface area contributed by atoms with Crippen LogP contribution in [0.1, 0.15) is 31.2 Å². The molecule has 2 unspecified atom stereocenters. The molecule has 0 aliphatic heterocycles. The van der Waals surface area contributed by atoms with E-state index in [-0.39, 0.29) is 12.0 Å². The maximum absolute atomic E-state index is 13.4. The molecule has 0 radical (unpaired) electrons. The van der Waals surface area contributed by atoms with Gasteiger partial charge < -0.3 is 5.11 Å². The lowest BCUT2D eigenvalue weighted by Crippen LogP contribution is -2.21. The fourth-order valence-corrected chi connectivity index (χ4v) is 2.47. The Morgan fingerprint density at radius 2 is 2.06 bits per heavy atom. The number of halogens is 2. The van der Waals surface area contributed by atoms with E-state index in [1.165, 1.54) is 6.07 Å². The minimum Gasteiger partial charge on any atom is -0.393 e. The summed E-state index contributed by atoms with van der Waals surface area (Å²) in [6, 6.07) is 4.29. The fourth-order valence-electron chi connectivity index (χ4n) is 2.47. The van der Waals surface area contributed by atoms with Gasteiger partial charge in [-0.3, -0.25) is 0 Å². The van der Waals surface area contributed by atoms with Gasteiger partial charge in [-0.05, 0) is 43.2 Å². The summed E-state index contributed by atoms with van der Waals surface area (Å²) in [6.45, 7) is 0. The molecule has 1 aliphatic rings. The number of aliphatic hydroxyl groups excluding tert-OH is 1. The molecule has 0 bridgehead atoms. The zero-order valence-electron chi connectivity index (χ0n) is 9.13. The van der Waals surface area contributed by atoms with Crippen molar-refractivity contribution in [3.63, 3.8) is 0 Å². The van der Waals surface area contributed by atoms with Gasteiger partial charge in [0, 0.05) is 0 Å². The van der Waals surface area contributed by atoms with Crippen LogP contribution in [-0.2, 0) is 6.42 Å². The summed E-state index contributed by atoms with van der Waals surface area (Å²) in [5.74, 6) is -1.24. The molecule has 1 aromatic rings. The summed E-state index contributed by atoms with van der Waals surface area (Å²) in [6.07, 6.45) is 3.77. The molecule has 2 rings (SSSR count). The standard InChI is InChI=1S/C13H16F2O/c14-12-6-2-4-10(13(12)15)7-9-3-1-5-11(16)8-9/h2,4,6,9,11,16H,1,3,5,7-8H2. The van der Waals surface area contributed by atoms with E-state index in [4.69, 9.17) is 0 Å².